The highest BCUT2D eigenvalue weighted by Crippen LogP contribution is 2.30. The van der Waals surface area contributed by atoms with Gasteiger partial charge in [0.25, 0.3) is 0 Å². The minimum atomic E-state index is -4.53. The van der Waals surface area contributed by atoms with Gasteiger partial charge in [-0.05, 0) is 12.1 Å². The summed E-state index contributed by atoms with van der Waals surface area (Å²) in [5, 5.41) is 9.21. The van der Waals surface area contributed by atoms with E-state index in [1.165, 1.54) is 6.07 Å². The maximum atomic E-state index is 12.5. The number of halogens is 3. The van der Waals surface area contributed by atoms with E-state index in [-0.39, 0.29) is 11.1 Å². The quantitative estimate of drug-likeness (QED) is 0.686. The molecule has 0 aliphatic rings. The number of rotatable bonds is 0. The Labute approximate surface area is 89.0 Å². The molecule has 0 saturated carbocycles. The Morgan fingerprint density at radius 1 is 1.19 bits per heavy atom. The normalized spacial score (nSPS) is 11.4. The Balaban J connectivity index is 2.80. The molecule has 0 aliphatic heterocycles. The molecular weight excluding hydrogens is 217 g/mol. The first-order valence-electron chi connectivity index (χ1n) is 4.39. The molecule has 0 aliphatic carbocycles. The zero-order chi connectivity index (χ0) is 11.8. The third-order valence-electron chi connectivity index (χ3n) is 2.13. The summed E-state index contributed by atoms with van der Waals surface area (Å²) >= 11 is 0. The van der Waals surface area contributed by atoms with E-state index in [1.54, 1.807) is 24.3 Å². The lowest BCUT2D eigenvalue weighted by Gasteiger charge is -2.07. The van der Waals surface area contributed by atoms with E-state index in [1.807, 2.05) is 0 Å². The fourth-order valence-corrected chi connectivity index (χ4v) is 1.41. The van der Waals surface area contributed by atoms with Crippen LogP contribution in [-0.4, -0.2) is 4.98 Å². The summed E-state index contributed by atoms with van der Waals surface area (Å²) in [7, 11) is 0. The summed E-state index contributed by atoms with van der Waals surface area (Å²) in [5.41, 5.74) is -0.880. The first kappa shape index (κ1) is 10.4. The van der Waals surface area contributed by atoms with Crippen LogP contribution in [0.25, 0.3) is 10.9 Å². The van der Waals surface area contributed by atoms with Gasteiger partial charge in [0.1, 0.15) is 5.69 Å². The summed E-state index contributed by atoms with van der Waals surface area (Å²) in [5.74, 6) is 0. The van der Waals surface area contributed by atoms with Gasteiger partial charge in [-0.1, -0.05) is 18.2 Å². The number of pyridine rings is 1. The first-order valence-corrected chi connectivity index (χ1v) is 4.39. The van der Waals surface area contributed by atoms with Crippen molar-refractivity contribution in [2.75, 3.05) is 0 Å². The summed E-state index contributed by atoms with van der Waals surface area (Å²) in [6.07, 6.45) is -4.53. The monoisotopic (exact) mass is 222 g/mol. The van der Waals surface area contributed by atoms with Crippen molar-refractivity contribution in [3.8, 4) is 6.07 Å². The molecule has 2 aromatic rings. The second kappa shape index (κ2) is 3.49. The van der Waals surface area contributed by atoms with Gasteiger partial charge in [0.15, 0.2) is 0 Å². The Bertz CT molecular complexity index is 582. The third kappa shape index (κ3) is 1.70. The molecule has 2 nitrogen and oxygen atoms in total. The van der Waals surface area contributed by atoms with Crippen LogP contribution in [0.1, 0.15) is 11.3 Å². The van der Waals surface area contributed by atoms with Crippen LogP contribution >= 0.6 is 0 Å². The number of nitrogens with zero attached hydrogens (tertiary/aromatic N) is 2. The second-order valence-electron chi connectivity index (χ2n) is 3.18. The molecule has 0 radical (unpaired) electrons. The second-order valence-corrected chi connectivity index (χ2v) is 3.18. The molecule has 0 amide bonds. The predicted octanol–water partition coefficient (Wildman–Crippen LogP) is 3.13. The Hall–Kier alpha value is -2.09. The van der Waals surface area contributed by atoms with Gasteiger partial charge in [-0.15, -0.1) is 0 Å². The van der Waals surface area contributed by atoms with Crippen molar-refractivity contribution in [1.82, 2.24) is 4.98 Å². The lowest BCUT2D eigenvalue weighted by molar-refractivity contribution is -0.140. The van der Waals surface area contributed by atoms with E-state index in [4.69, 9.17) is 5.26 Å². The molecule has 0 fully saturated rings. The van der Waals surface area contributed by atoms with Crippen molar-refractivity contribution >= 4 is 10.9 Å². The molecule has 1 aromatic carbocycles. The average Bonchev–Trinajstić information content (AvgIpc) is 2.26. The summed E-state index contributed by atoms with van der Waals surface area (Å²) < 4.78 is 37.4. The van der Waals surface area contributed by atoms with Crippen molar-refractivity contribution in [2.45, 2.75) is 6.18 Å². The molecule has 16 heavy (non-hydrogen) atoms. The SMILES string of the molecule is N#Cc1cc(C(F)(F)F)nc2ccccc12. The average molecular weight is 222 g/mol. The minimum Gasteiger partial charge on any atom is -0.243 e. The molecule has 0 spiro atoms. The molecule has 0 unspecified atom stereocenters. The van der Waals surface area contributed by atoms with Crippen LogP contribution in [0, 0.1) is 11.3 Å². The van der Waals surface area contributed by atoms with Crippen LogP contribution in [0.3, 0.4) is 0 Å². The molecule has 0 N–H and O–H groups in total. The highest BCUT2D eigenvalue weighted by Gasteiger charge is 2.33. The van der Waals surface area contributed by atoms with Crippen molar-refractivity contribution in [3.05, 3.63) is 41.6 Å². The van der Waals surface area contributed by atoms with Crippen LogP contribution in [0.4, 0.5) is 13.2 Å². The van der Waals surface area contributed by atoms with Gasteiger partial charge < -0.3 is 0 Å². The van der Waals surface area contributed by atoms with E-state index in [9.17, 15) is 13.2 Å². The van der Waals surface area contributed by atoms with Gasteiger partial charge >= 0.3 is 6.18 Å². The van der Waals surface area contributed by atoms with Gasteiger partial charge in [0.05, 0.1) is 17.1 Å². The number of benzene rings is 1. The van der Waals surface area contributed by atoms with E-state index in [0.717, 1.165) is 6.07 Å². The van der Waals surface area contributed by atoms with Crippen LogP contribution in [0.15, 0.2) is 30.3 Å². The standard InChI is InChI=1S/C11H5F3N2/c12-11(13,14)10-5-7(6-15)8-3-1-2-4-9(8)16-10/h1-5H. The molecule has 1 aromatic heterocycles. The Morgan fingerprint density at radius 2 is 1.88 bits per heavy atom. The molecule has 0 bridgehead atoms. The van der Waals surface area contributed by atoms with Crippen LogP contribution < -0.4 is 0 Å². The highest BCUT2D eigenvalue weighted by molar-refractivity contribution is 5.84. The number of hydrogen-bond acceptors (Lipinski definition) is 2. The lowest BCUT2D eigenvalue weighted by Crippen LogP contribution is -2.08. The van der Waals surface area contributed by atoms with Gasteiger partial charge in [-0.25, -0.2) is 4.98 Å². The highest BCUT2D eigenvalue weighted by atomic mass is 19.4. The molecule has 1 heterocycles. The van der Waals surface area contributed by atoms with Gasteiger partial charge in [-0.2, -0.15) is 18.4 Å². The first-order chi connectivity index (χ1) is 7.52. The summed E-state index contributed by atoms with van der Waals surface area (Å²) in [6.45, 7) is 0. The van der Waals surface area contributed by atoms with Crippen LogP contribution in [-0.2, 0) is 6.18 Å². The zero-order valence-electron chi connectivity index (χ0n) is 7.92. The van der Waals surface area contributed by atoms with E-state index in [0.29, 0.717) is 5.39 Å². The van der Waals surface area contributed by atoms with E-state index in [2.05, 4.69) is 4.98 Å². The number of fused-ring (bicyclic) bond motifs is 1. The molecular formula is C11H5F3N2. The minimum absolute atomic E-state index is 0.0158. The lowest BCUT2D eigenvalue weighted by atomic mass is 10.1. The molecule has 0 saturated heterocycles. The van der Waals surface area contributed by atoms with Crippen molar-refractivity contribution in [3.63, 3.8) is 0 Å². The fraction of sp³-hybridized carbons (Fsp3) is 0.0909. The number of hydrogen-bond donors (Lipinski definition) is 0. The number of alkyl halides is 3. The number of aromatic nitrogens is 1. The summed E-state index contributed by atoms with van der Waals surface area (Å²) in [4.78, 5) is 3.48. The fourth-order valence-electron chi connectivity index (χ4n) is 1.41. The summed E-state index contributed by atoms with van der Waals surface area (Å²) in [6, 6.07) is 8.76. The topological polar surface area (TPSA) is 36.7 Å². The van der Waals surface area contributed by atoms with E-state index < -0.39 is 11.9 Å². The molecule has 2 rings (SSSR count). The molecule has 0 atom stereocenters. The number of nitriles is 1. The third-order valence-corrected chi connectivity index (χ3v) is 2.13. The van der Waals surface area contributed by atoms with Gasteiger partial charge in [-0.3, -0.25) is 0 Å². The smallest absolute Gasteiger partial charge is 0.243 e. The Kier molecular flexibility index (Phi) is 2.27. The Morgan fingerprint density at radius 3 is 2.50 bits per heavy atom. The van der Waals surface area contributed by atoms with Crippen molar-refractivity contribution in [2.24, 2.45) is 0 Å². The van der Waals surface area contributed by atoms with Gasteiger partial charge in [0.2, 0.25) is 0 Å². The van der Waals surface area contributed by atoms with Crippen LogP contribution in [0.2, 0.25) is 0 Å². The van der Waals surface area contributed by atoms with Crippen LogP contribution in [0.5, 0.6) is 0 Å². The maximum Gasteiger partial charge on any atom is 0.433 e. The maximum absolute atomic E-state index is 12.5. The van der Waals surface area contributed by atoms with E-state index >= 15 is 0 Å². The largest absolute Gasteiger partial charge is 0.433 e. The zero-order valence-corrected chi connectivity index (χ0v) is 7.92. The van der Waals surface area contributed by atoms with Crippen molar-refractivity contribution in [1.29, 1.82) is 5.26 Å². The molecule has 5 heteroatoms. The number of para-hydroxylation sites is 1. The van der Waals surface area contributed by atoms with Gasteiger partial charge in [0, 0.05) is 5.39 Å². The molecule has 80 valence electrons. The predicted molar refractivity (Wildman–Crippen MR) is 51.5 cm³/mol. The van der Waals surface area contributed by atoms with Crippen molar-refractivity contribution < 1.29 is 13.2 Å².